The molecule has 0 fully saturated rings. The summed E-state index contributed by atoms with van der Waals surface area (Å²) < 4.78 is 78.0. The zero-order chi connectivity index (χ0) is 57.6. The number of hydrogen-bond donors (Lipinski definition) is 0. The van der Waals surface area contributed by atoms with Gasteiger partial charge in [-0.25, -0.2) is 0 Å². The highest BCUT2D eigenvalue weighted by Gasteiger charge is 2.25. The fourth-order valence-corrected chi connectivity index (χ4v) is 10.2. The van der Waals surface area contributed by atoms with Gasteiger partial charge in [0.05, 0.1) is 79.3 Å². The van der Waals surface area contributed by atoms with Gasteiger partial charge in [0.15, 0.2) is 0 Å². The van der Waals surface area contributed by atoms with Gasteiger partial charge in [-0.15, -0.1) is 0 Å². The summed E-state index contributed by atoms with van der Waals surface area (Å²) in [6, 6.07) is 25.4. The summed E-state index contributed by atoms with van der Waals surface area (Å²) in [5.74, 6) is 9.17. The molecular formula is C66H84I2O12. The summed E-state index contributed by atoms with van der Waals surface area (Å²) in [5.41, 5.74) is 11.5. The van der Waals surface area contributed by atoms with Crippen LogP contribution in [0.1, 0.15) is 150 Å². The molecule has 0 heterocycles. The van der Waals surface area contributed by atoms with Crippen molar-refractivity contribution in [2.45, 2.75) is 122 Å². The minimum atomic E-state index is 0.476. The third kappa shape index (κ3) is 16.3. The van der Waals surface area contributed by atoms with Crippen LogP contribution in [0.2, 0.25) is 0 Å². The van der Waals surface area contributed by atoms with E-state index in [-0.39, 0.29) is 0 Å². The van der Waals surface area contributed by atoms with Crippen LogP contribution in [0.4, 0.5) is 0 Å². The van der Waals surface area contributed by atoms with E-state index in [0.717, 1.165) is 136 Å². The van der Waals surface area contributed by atoms with Crippen molar-refractivity contribution in [3.63, 3.8) is 0 Å². The Morgan fingerprint density at radius 1 is 0.188 bits per heavy atom. The van der Waals surface area contributed by atoms with E-state index in [4.69, 9.17) is 56.8 Å². The van der Waals surface area contributed by atoms with Gasteiger partial charge in [0.2, 0.25) is 0 Å². The number of halogens is 2. The Morgan fingerprint density at radius 3 is 0.325 bits per heavy atom. The lowest BCUT2D eigenvalue weighted by molar-refractivity contribution is 0.319. The van der Waals surface area contributed by atoms with Gasteiger partial charge in [-0.2, -0.15) is 0 Å². The summed E-state index contributed by atoms with van der Waals surface area (Å²) in [4.78, 5) is 0. The molecule has 16 aliphatic rings. The zero-order valence-electron chi connectivity index (χ0n) is 49.3. The standard InChI is InChI=1S/C66H84O12.I2/c1-13-67-55-31-44-26-46-34-60(72-18-6)48(36-59(46)71-17-5)28-50-38-64(76-22-10)52(40-63(50)75-21-9)30-54-42-65(77-23-11)53(41-66(54)78-24-12)29-51-39-61(73-19-7)49(37-62(51)74-20-8)27-47-35-57(69-15-3)45(33-58(47)70-16-4)25-43(55)32-56(44)68-14-2;1-2/h31-42H,13-30H2,1-12H3;. The third-order valence-electron chi connectivity index (χ3n) is 13.3. The maximum atomic E-state index is 6.50. The molecule has 6 aromatic rings. The molecular weight excluding hydrogens is 1240 g/mol. The van der Waals surface area contributed by atoms with E-state index in [1.807, 2.05) is 83.1 Å². The molecule has 12 nitrogen and oxygen atoms in total. The highest BCUT2D eigenvalue weighted by atomic mass is 128. The second-order valence-corrected chi connectivity index (χ2v) is 18.7. The van der Waals surface area contributed by atoms with Crippen molar-refractivity contribution >= 4 is 37.2 Å². The van der Waals surface area contributed by atoms with E-state index in [2.05, 4.69) is 110 Å². The van der Waals surface area contributed by atoms with Crippen molar-refractivity contribution in [3.05, 3.63) is 140 Å². The summed E-state index contributed by atoms with van der Waals surface area (Å²) >= 11 is 4.24. The van der Waals surface area contributed by atoms with Crippen LogP contribution in [-0.2, 0) is 38.5 Å². The topological polar surface area (TPSA) is 111 Å². The number of hydrogen-bond acceptors (Lipinski definition) is 12. The Morgan fingerprint density at radius 2 is 0.263 bits per heavy atom. The van der Waals surface area contributed by atoms with E-state index >= 15 is 0 Å². The molecule has 16 aliphatic carbocycles. The quantitative estimate of drug-likeness (QED) is 0.0537. The van der Waals surface area contributed by atoms with Crippen molar-refractivity contribution in [1.29, 1.82) is 0 Å². The van der Waals surface area contributed by atoms with E-state index in [1.54, 1.807) is 0 Å². The lowest BCUT2D eigenvalue weighted by atomic mass is 9.92. The molecule has 14 heteroatoms. The van der Waals surface area contributed by atoms with Crippen LogP contribution in [0, 0.1) is 0 Å². The molecule has 0 saturated heterocycles. The van der Waals surface area contributed by atoms with Gasteiger partial charge in [0, 0.05) is 143 Å². The van der Waals surface area contributed by atoms with E-state index < -0.39 is 0 Å². The van der Waals surface area contributed by atoms with Gasteiger partial charge in [0.1, 0.15) is 69.0 Å². The highest BCUT2D eigenvalue weighted by Crippen LogP contribution is 2.44. The van der Waals surface area contributed by atoms with E-state index in [0.29, 0.717) is 118 Å². The molecule has 0 saturated carbocycles. The second-order valence-electron chi connectivity index (χ2n) is 18.7. The van der Waals surface area contributed by atoms with Crippen molar-refractivity contribution in [1.82, 2.24) is 0 Å². The van der Waals surface area contributed by atoms with Crippen LogP contribution < -0.4 is 56.8 Å². The smallest absolute Gasteiger partial charge is 0.123 e. The molecule has 6 aromatic carbocycles. The van der Waals surface area contributed by atoms with Gasteiger partial charge < -0.3 is 56.8 Å². The Hall–Kier alpha value is -5.62. The first-order valence-corrected chi connectivity index (χ1v) is 35.0. The van der Waals surface area contributed by atoms with Crippen LogP contribution in [0.15, 0.2) is 72.8 Å². The van der Waals surface area contributed by atoms with Gasteiger partial charge in [-0.05, 0) is 156 Å². The van der Waals surface area contributed by atoms with Crippen LogP contribution >= 0.6 is 37.2 Å². The molecule has 0 N–H and O–H groups in total. The Bertz CT molecular complexity index is 2240. The first kappa shape index (κ1) is 63.6. The Balaban J connectivity index is 0.00000510. The second kappa shape index (κ2) is 32.7. The summed E-state index contributed by atoms with van der Waals surface area (Å²) in [6.07, 6.45) is 2.99. The highest BCUT2D eigenvalue weighted by molar-refractivity contribution is 15.0. The summed E-state index contributed by atoms with van der Waals surface area (Å²) in [7, 11) is 0. The lowest BCUT2D eigenvalue weighted by Gasteiger charge is -2.23. The molecule has 22 rings (SSSR count). The Kier molecular flexibility index (Phi) is 26.0. The summed E-state index contributed by atoms with van der Waals surface area (Å²) in [5, 5.41) is 0. The van der Waals surface area contributed by atoms with E-state index in [1.165, 1.54) is 0 Å². The minimum Gasteiger partial charge on any atom is -0.494 e. The largest absolute Gasteiger partial charge is 0.494 e. The lowest BCUT2D eigenvalue weighted by Crippen LogP contribution is -2.09. The number of benzene rings is 6. The monoisotopic (exact) mass is 1320 g/mol. The molecule has 0 unspecified atom stereocenters. The van der Waals surface area contributed by atoms with Gasteiger partial charge in [-0.1, -0.05) is 0 Å². The molecule has 434 valence electrons. The van der Waals surface area contributed by atoms with Gasteiger partial charge in [-0.3, -0.25) is 0 Å². The maximum absolute atomic E-state index is 6.50. The van der Waals surface area contributed by atoms with Crippen LogP contribution in [0.5, 0.6) is 69.0 Å². The SMILES string of the molecule is CCOc1cc2c(OCC)cc1Cc1cc(OCC)c(cc1OCC)Cc1cc(OCC)c(cc1OCC)Cc1cc(OCC)c(cc1OCC)Cc1cc(OCC)c(cc1OCC)Cc1cc(OCC)c(cc1OCC)C2.II. The maximum Gasteiger partial charge on any atom is 0.123 e. The predicted molar refractivity (Wildman–Crippen MR) is 338 cm³/mol. The molecule has 0 atom stereocenters. The third-order valence-corrected chi connectivity index (χ3v) is 13.3. The van der Waals surface area contributed by atoms with E-state index in [9.17, 15) is 0 Å². The molecule has 0 spiro atoms. The van der Waals surface area contributed by atoms with Crippen molar-refractivity contribution in [3.8, 4) is 69.0 Å². The minimum absolute atomic E-state index is 0.476. The molecule has 80 heavy (non-hydrogen) atoms. The average Bonchev–Trinajstić information content (AvgIpc) is 3.47. The first-order chi connectivity index (χ1) is 39.1. The van der Waals surface area contributed by atoms with Crippen molar-refractivity contribution in [2.24, 2.45) is 0 Å². The molecule has 0 radical (unpaired) electrons. The fraction of sp³-hybridized carbons (Fsp3) is 0.455. The van der Waals surface area contributed by atoms with Crippen molar-refractivity contribution < 1.29 is 56.8 Å². The summed E-state index contributed by atoms with van der Waals surface area (Å²) in [6.45, 7) is 29.8. The van der Waals surface area contributed by atoms with Crippen molar-refractivity contribution in [2.75, 3.05) is 79.3 Å². The normalized spacial score (nSPS) is 11.9. The Labute approximate surface area is 500 Å². The predicted octanol–water partition coefficient (Wildman–Crippen LogP) is 16.1. The zero-order valence-corrected chi connectivity index (χ0v) is 53.6. The molecule has 0 amide bonds. The van der Waals surface area contributed by atoms with Crippen LogP contribution in [0.25, 0.3) is 0 Å². The fourth-order valence-electron chi connectivity index (χ4n) is 10.2. The number of ether oxygens (including phenoxy) is 12. The van der Waals surface area contributed by atoms with Gasteiger partial charge >= 0.3 is 0 Å². The molecule has 12 bridgehead atoms. The molecule has 0 aromatic heterocycles. The van der Waals surface area contributed by atoms with Gasteiger partial charge in [0.25, 0.3) is 0 Å². The first-order valence-electron chi connectivity index (χ1n) is 28.7. The molecule has 0 aliphatic heterocycles. The number of rotatable bonds is 24. The van der Waals surface area contributed by atoms with Crippen LogP contribution in [-0.4, -0.2) is 79.3 Å². The van der Waals surface area contributed by atoms with Crippen LogP contribution in [0.3, 0.4) is 0 Å². The average molecular weight is 1320 g/mol.